The molecule has 0 radical (unpaired) electrons. The largest absolute Gasteiger partial charge is 0.309 e. The molecule has 110 valence electrons. The van der Waals surface area contributed by atoms with Crippen molar-refractivity contribution in [3.8, 4) is 0 Å². The molecule has 1 N–H and O–H groups in total. The molecule has 1 heterocycles. The molecule has 1 aromatic carbocycles. The van der Waals surface area contributed by atoms with Gasteiger partial charge in [0.1, 0.15) is 0 Å². The fraction of sp³-hybridized carbons (Fsp3) is 0.500. The molecule has 3 nitrogen and oxygen atoms in total. The van der Waals surface area contributed by atoms with Crippen molar-refractivity contribution in [2.24, 2.45) is 0 Å². The minimum atomic E-state index is -0.0915. The van der Waals surface area contributed by atoms with Crippen LogP contribution >= 0.6 is 47.8 Å². The molecular weight excluding hydrogens is 452 g/mol. The van der Waals surface area contributed by atoms with Crippen molar-refractivity contribution in [2.45, 2.75) is 38.8 Å². The second kappa shape index (κ2) is 6.90. The van der Waals surface area contributed by atoms with Gasteiger partial charge in [-0.3, -0.25) is 4.79 Å². The van der Waals surface area contributed by atoms with Crippen LogP contribution in [-0.4, -0.2) is 24.5 Å². The zero-order chi connectivity index (χ0) is 14.9. The molecule has 0 aliphatic carbocycles. The Labute approximate surface area is 144 Å². The quantitative estimate of drug-likeness (QED) is 0.710. The number of amides is 1. The van der Waals surface area contributed by atoms with Gasteiger partial charge in [-0.2, -0.15) is 0 Å². The van der Waals surface area contributed by atoms with Crippen molar-refractivity contribution < 1.29 is 4.79 Å². The van der Waals surface area contributed by atoms with Gasteiger partial charge in [0.05, 0.1) is 11.7 Å². The van der Waals surface area contributed by atoms with Gasteiger partial charge in [0.2, 0.25) is 5.91 Å². The Morgan fingerprint density at radius 1 is 1.25 bits per heavy atom. The Morgan fingerprint density at radius 2 is 1.85 bits per heavy atom. The molecule has 0 aromatic heterocycles. The highest BCUT2D eigenvalue weighted by Crippen LogP contribution is 2.38. The molecule has 1 atom stereocenters. The Kier molecular flexibility index (Phi) is 5.68. The van der Waals surface area contributed by atoms with Gasteiger partial charge in [0.15, 0.2) is 0 Å². The second-order valence-corrected chi connectivity index (χ2v) is 7.85. The number of carbonyl (C=O) groups excluding carboxylic acids is 1. The molecule has 1 fully saturated rings. The summed E-state index contributed by atoms with van der Waals surface area (Å²) in [6.07, 6.45) is 1.91. The van der Waals surface area contributed by atoms with E-state index in [2.05, 4.69) is 67.0 Å². The molecule has 2 rings (SSSR count). The summed E-state index contributed by atoms with van der Waals surface area (Å²) in [4.78, 5) is 14.5. The first-order valence-electron chi connectivity index (χ1n) is 6.62. The number of halogens is 3. The average molecular weight is 469 g/mol. The molecule has 0 bridgehead atoms. The summed E-state index contributed by atoms with van der Waals surface area (Å²) in [5.41, 5.74) is 0.911. The molecule has 1 unspecified atom stereocenters. The van der Waals surface area contributed by atoms with E-state index in [4.69, 9.17) is 0 Å². The molecule has 1 aliphatic heterocycles. The summed E-state index contributed by atoms with van der Waals surface area (Å²) in [7, 11) is 0. The maximum Gasteiger partial charge on any atom is 0.244 e. The van der Waals surface area contributed by atoms with E-state index in [1.54, 1.807) is 0 Å². The monoisotopic (exact) mass is 466 g/mol. The summed E-state index contributed by atoms with van der Waals surface area (Å²) >= 11 is 10.6. The average Bonchev–Trinajstić information content (AvgIpc) is 2.32. The van der Waals surface area contributed by atoms with Gasteiger partial charge in [-0.25, -0.2) is 0 Å². The van der Waals surface area contributed by atoms with Crippen LogP contribution in [0.5, 0.6) is 0 Å². The summed E-state index contributed by atoms with van der Waals surface area (Å²) < 4.78 is 2.80. The molecule has 0 saturated carbocycles. The third-order valence-electron chi connectivity index (χ3n) is 3.22. The van der Waals surface area contributed by atoms with Crippen molar-refractivity contribution in [3.63, 3.8) is 0 Å². The number of benzene rings is 1. The lowest BCUT2D eigenvalue weighted by Gasteiger charge is -2.34. The first-order chi connectivity index (χ1) is 9.40. The van der Waals surface area contributed by atoms with Crippen molar-refractivity contribution in [1.82, 2.24) is 5.32 Å². The van der Waals surface area contributed by atoms with E-state index in [9.17, 15) is 4.79 Å². The lowest BCUT2D eigenvalue weighted by Crippen LogP contribution is -2.52. The van der Waals surface area contributed by atoms with Crippen molar-refractivity contribution in [1.29, 1.82) is 0 Å². The Bertz CT molecular complexity index is 496. The van der Waals surface area contributed by atoms with E-state index in [0.717, 1.165) is 38.5 Å². The number of hydrogen-bond donors (Lipinski definition) is 1. The van der Waals surface area contributed by atoms with E-state index >= 15 is 0 Å². The standard InChI is InChI=1S/C14H17Br3N2O/c1-8(2)18-12-4-3-5-19(14(12)20)13-10(16)6-9(15)7-11(13)17/h6-8,12,18H,3-5H2,1-2H3. The van der Waals surface area contributed by atoms with Crippen LogP contribution in [0.4, 0.5) is 5.69 Å². The summed E-state index contributed by atoms with van der Waals surface area (Å²) in [6.45, 7) is 4.89. The third kappa shape index (κ3) is 3.64. The SMILES string of the molecule is CC(C)NC1CCCN(c2c(Br)cc(Br)cc2Br)C1=O. The van der Waals surface area contributed by atoms with Crippen LogP contribution in [0.2, 0.25) is 0 Å². The van der Waals surface area contributed by atoms with Gasteiger partial charge in [-0.1, -0.05) is 29.8 Å². The Balaban J connectivity index is 2.30. The molecule has 20 heavy (non-hydrogen) atoms. The van der Waals surface area contributed by atoms with Crippen LogP contribution in [0.1, 0.15) is 26.7 Å². The second-order valence-electron chi connectivity index (χ2n) is 5.22. The van der Waals surface area contributed by atoms with Crippen LogP contribution in [0.15, 0.2) is 25.6 Å². The number of nitrogens with one attached hydrogen (secondary N) is 1. The topological polar surface area (TPSA) is 32.3 Å². The normalized spacial score (nSPS) is 19.8. The highest BCUT2D eigenvalue weighted by atomic mass is 79.9. The summed E-state index contributed by atoms with van der Waals surface area (Å²) in [5.74, 6) is 0.147. The summed E-state index contributed by atoms with van der Waals surface area (Å²) in [6, 6.07) is 4.14. The van der Waals surface area contributed by atoms with Crippen molar-refractivity contribution in [2.75, 3.05) is 11.4 Å². The predicted octanol–water partition coefficient (Wildman–Crippen LogP) is 4.47. The minimum absolute atomic E-state index is 0.0915. The zero-order valence-electron chi connectivity index (χ0n) is 11.4. The number of rotatable bonds is 3. The van der Waals surface area contributed by atoms with Crippen molar-refractivity contribution >= 4 is 59.4 Å². The number of anilines is 1. The lowest BCUT2D eigenvalue weighted by molar-refractivity contribution is -0.121. The number of hydrogen-bond acceptors (Lipinski definition) is 2. The molecule has 0 spiro atoms. The molecule has 1 amide bonds. The van der Waals surface area contributed by atoms with Gasteiger partial charge in [-0.05, 0) is 56.8 Å². The fourth-order valence-corrected chi connectivity index (χ4v) is 5.13. The number of nitrogens with zero attached hydrogens (tertiary/aromatic N) is 1. The molecule has 1 aromatic rings. The molecule has 6 heteroatoms. The smallest absolute Gasteiger partial charge is 0.244 e. The zero-order valence-corrected chi connectivity index (χ0v) is 16.2. The van der Waals surface area contributed by atoms with Crippen LogP contribution < -0.4 is 10.2 Å². The van der Waals surface area contributed by atoms with Crippen molar-refractivity contribution in [3.05, 3.63) is 25.6 Å². The van der Waals surface area contributed by atoms with E-state index in [1.807, 2.05) is 17.0 Å². The van der Waals surface area contributed by atoms with E-state index in [1.165, 1.54) is 0 Å². The van der Waals surface area contributed by atoms with Gasteiger partial charge in [0.25, 0.3) is 0 Å². The van der Waals surface area contributed by atoms with Crippen LogP contribution in [-0.2, 0) is 4.79 Å². The summed E-state index contributed by atoms with van der Waals surface area (Å²) in [5, 5.41) is 3.35. The Morgan fingerprint density at radius 3 is 2.40 bits per heavy atom. The Hall–Kier alpha value is 0.0900. The van der Waals surface area contributed by atoms with E-state index < -0.39 is 0 Å². The third-order valence-corrected chi connectivity index (χ3v) is 4.89. The molecule has 1 aliphatic rings. The van der Waals surface area contributed by atoms with Gasteiger partial charge in [0, 0.05) is 26.0 Å². The first-order valence-corrected chi connectivity index (χ1v) is 9.00. The maximum absolute atomic E-state index is 12.7. The van der Waals surface area contributed by atoms with Crippen LogP contribution in [0.25, 0.3) is 0 Å². The highest BCUT2D eigenvalue weighted by molar-refractivity contribution is 9.11. The van der Waals surface area contributed by atoms with Gasteiger partial charge in [-0.15, -0.1) is 0 Å². The predicted molar refractivity (Wildman–Crippen MR) is 93.2 cm³/mol. The minimum Gasteiger partial charge on any atom is -0.309 e. The maximum atomic E-state index is 12.7. The van der Waals surface area contributed by atoms with E-state index in [0.29, 0.717) is 6.04 Å². The lowest BCUT2D eigenvalue weighted by atomic mass is 10.0. The fourth-order valence-electron chi connectivity index (χ4n) is 2.45. The number of carbonyl (C=O) groups is 1. The molecular formula is C14H17Br3N2O. The van der Waals surface area contributed by atoms with Crippen LogP contribution in [0.3, 0.4) is 0 Å². The van der Waals surface area contributed by atoms with Crippen LogP contribution in [0, 0.1) is 0 Å². The highest BCUT2D eigenvalue weighted by Gasteiger charge is 2.31. The molecule has 1 saturated heterocycles. The van der Waals surface area contributed by atoms with Gasteiger partial charge >= 0.3 is 0 Å². The van der Waals surface area contributed by atoms with E-state index in [-0.39, 0.29) is 11.9 Å². The van der Waals surface area contributed by atoms with Gasteiger partial charge < -0.3 is 10.2 Å². The number of piperidine rings is 1. The first kappa shape index (κ1) is 16.5.